The van der Waals surface area contributed by atoms with Crippen LogP contribution in [0.1, 0.15) is 116 Å². The van der Waals surface area contributed by atoms with Gasteiger partial charge in [0.05, 0.1) is 12.9 Å². The second-order valence-electron chi connectivity index (χ2n) is 11.2. The second-order valence-corrected chi connectivity index (χ2v) is 13.0. The second kappa shape index (κ2) is 16.1. The van der Waals surface area contributed by atoms with Crippen molar-refractivity contribution in [3.05, 3.63) is 12.7 Å². The Balaban J connectivity index is 1.05. The van der Waals surface area contributed by atoms with Gasteiger partial charge in [-0.15, -0.1) is 0 Å². The van der Waals surface area contributed by atoms with Crippen LogP contribution < -0.4 is 10.8 Å². The molecule has 4 rings (SSSR count). The number of rotatable bonds is 19. The Morgan fingerprint density at radius 2 is 1.55 bits per heavy atom. The Kier molecular flexibility index (Phi) is 12.6. The van der Waals surface area contributed by atoms with Gasteiger partial charge in [0.25, 0.3) is 0 Å². The van der Waals surface area contributed by atoms with Gasteiger partial charge in [-0.2, -0.15) is 0 Å². The molecule has 0 bridgehead atoms. The van der Waals surface area contributed by atoms with Crippen molar-refractivity contribution in [2.45, 2.75) is 134 Å². The lowest BCUT2D eigenvalue weighted by Crippen LogP contribution is -2.41. The van der Waals surface area contributed by atoms with Crippen LogP contribution in [0.2, 0.25) is 0 Å². The first-order valence-electron chi connectivity index (χ1n) is 15.5. The number of fused-ring (bicyclic) bond motifs is 2. The fourth-order valence-corrected chi connectivity index (χ4v) is 7.19. The van der Waals surface area contributed by atoms with Gasteiger partial charge in [-0.25, -0.2) is 24.6 Å². The molecule has 5 atom stereocenters. The molecule has 0 amide bonds. The van der Waals surface area contributed by atoms with Crippen LogP contribution in [0.25, 0.3) is 11.2 Å². The normalized spacial score (nSPS) is 26.4. The minimum atomic E-state index is -3.53. The lowest BCUT2D eigenvalue weighted by Gasteiger charge is -2.31. The average Bonchev–Trinajstić information content (AvgIpc) is 3.52. The van der Waals surface area contributed by atoms with Crippen LogP contribution in [0.4, 0.5) is 5.82 Å². The predicted molar refractivity (Wildman–Crippen MR) is 156 cm³/mol. The monoisotopic (exact) mass is 580 g/mol. The van der Waals surface area contributed by atoms with Crippen LogP contribution in [0.15, 0.2) is 12.7 Å². The fraction of sp³-hybridized carbons (Fsp3) is 0.821. The third-order valence-corrected chi connectivity index (χ3v) is 9.60. The highest BCUT2D eigenvalue weighted by Gasteiger charge is 2.52. The minimum Gasteiger partial charge on any atom is -0.386 e. The van der Waals surface area contributed by atoms with Crippen molar-refractivity contribution in [2.24, 2.45) is 0 Å². The molecular formula is C28H49N6O5P. The number of nitrogens with two attached hydrogens (primary N) is 1. The van der Waals surface area contributed by atoms with E-state index < -0.39 is 32.3 Å². The molecule has 2 fully saturated rings. The first-order chi connectivity index (χ1) is 19.5. The number of anilines is 1. The Hall–Kier alpha value is -1.62. The molecule has 2 saturated heterocycles. The molecule has 2 aliphatic rings. The molecule has 0 saturated carbocycles. The molecule has 4 N–H and O–H groups in total. The third-order valence-electron chi connectivity index (χ3n) is 7.98. The van der Waals surface area contributed by atoms with Gasteiger partial charge in [0.1, 0.15) is 30.2 Å². The summed E-state index contributed by atoms with van der Waals surface area (Å²) in [5.74, 6) is 0.246. The Morgan fingerprint density at radius 3 is 2.17 bits per heavy atom. The predicted octanol–water partition coefficient (Wildman–Crippen LogP) is 6.04. The maximum atomic E-state index is 13.2. The van der Waals surface area contributed by atoms with E-state index in [9.17, 15) is 9.67 Å². The molecule has 226 valence electrons. The topological polar surface area (TPSA) is 147 Å². The number of aliphatic hydroxyl groups excluding tert-OH is 1. The molecule has 11 nitrogen and oxygen atoms in total. The Morgan fingerprint density at radius 1 is 0.950 bits per heavy atom. The van der Waals surface area contributed by atoms with Gasteiger partial charge < -0.3 is 15.6 Å². The molecule has 0 aromatic carbocycles. The summed E-state index contributed by atoms with van der Waals surface area (Å²) in [6.45, 7) is 2.87. The lowest BCUT2D eigenvalue weighted by atomic mass is 10.0. The molecule has 0 radical (unpaired) electrons. The van der Waals surface area contributed by atoms with E-state index in [1.54, 1.807) is 4.57 Å². The molecule has 1 unspecified atom stereocenters. The minimum absolute atomic E-state index is 0.0607. The van der Waals surface area contributed by atoms with Gasteiger partial charge >= 0.3 is 7.75 Å². The first kappa shape index (κ1) is 31.3. The van der Waals surface area contributed by atoms with Crippen LogP contribution >= 0.6 is 7.75 Å². The molecule has 40 heavy (non-hydrogen) atoms. The van der Waals surface area contributed by atoms with Crippen LogP contribution in [-0.4, -0.2) is 56.1 Å². The summed E-state index contributed by atoms with van der Waals surface area (Å²) in [6, 6.07) is 0. The summed E-state index contributed by atoms with van der Waals surface area (Å²) >= 11 is 0. The van der Waals surface area contributed by atoms with E-state index in [0.717, 1.165) is 12.8 Å². The quantitative estimate of drug-likeness (QED) is 0.133. The van der Waals surface area contributed by atoms with Crippen molar-refractivity contribution in [1.29, 1.82) is 0 Å². The van der Waals surface area contributed by atoms with Crippen molar-refractivity contribution >= 4 is 24.7 Å². The zero-order chi connectivity index (χ0) is 28.2. The number of aliphatic hydroxyl groups is 1. The van der Waals surface area contributed by atoms with Crippen molar-refractivity contribution in [2.75, 3.05) is 18.9 Å². The van der Waals surface area contributed by atoms with E-state index in [0.29, 0.717) is 17.7 Å². The molecule has 2 aliphatic heterocycles. The number of nitrogens with zero attached hydrogens (tertiary/aromatic N) is 4. The largest absolute Gasteiger partial charge is 0.406 e. The van der Waals surface area contributed by atoms with E-state index in [1.165, 1.54) is 103 Å². The smallest absolute Gasteiger partial charge is 0.386 e. The highest BCUT2D eigenvalue weighted by molar-refractivity contribution is 7.51. The van der Waals surface area contributed by atoms with Crippen LogP contribution in [-0.2, 0) is 18.3 Å². The van der Waals surface area contributed by atoms with E-state index in [-0.39, 0.29) is 12.4 Å². The molecule has 2 aromatic rings. The number of nitrogens with one attached hydrogen (secondary N) is 1. The molecule has 12 heteroatoms. The fourth-order valence-electron chi connectivity index (χ4n) is 5.60. The standard InChI is InChI=1S/C28H49N6O5P/c1-2-3-4-5-6-7-8-9-10-11-12-13-14-15-16-17-18-33-40(36)37-19-22-25(39-40)24(35)28(38-22)34-21-32-23-26(29)30-20-31-27(23)34/h20-22,24-25,28,35H,2-19H2,1H3,(H,33,36)(H2,29,30,31)/t22-,24-,25-,28-,40?/m1/s1. The number of aromatic nitrogens is 4. The highest BCUT2D eigenvalue weighted by Crippen LogP contribution is 2.52. The Bertz CT molecular complexity index is 1070. The molecule has 0 aliphatic carbocycles. The summed E-state index contributed by atoms with van der Waals surface area (Å²) in [5, 5.41) is 13.9. The molecule has 2 aromatic heterocycles. The van der Waals surface area contributed by atoms with Crippen LogP contribution in [0, 0.1) is 0 Å². The molecular weight excluding hydrogens is 531 g/mol. The zero-order valence-corrected chi connectivity index (χ0v) is 25.0. The van der Waals surface area contributed by atoms with Crippen molar-refractivity contribution in [3.8, 4) is 0 Å². The number of ether oxygens (including phenoxy) is 1. The van der Waals surface area contributed by atoms with Crippen molar-refractivity contribution in [3.63, 3.8) is 0 Å². The van der Waals surface area contributed by atoms with E-state index >= 15 is 0 Å². The maximum Gasteiger partial charge on any atom is 0.406 e. The maximum absolute atomic E-state index is 13.2. The van der Waals surface area contributed by atoms with Gasteiger partial charge in [-0.3, -0.25) is 13.6 Å². The highest BCUT2D eigenvalue weighted by atomic mass is 31.2. The van der Waals surface area contributed by atoms with Gasteiger partial charge in [-0.1, -0.05) is 103 Å². The van der Waals surface area contributed by atoms with Crippen LogP contribution in [0.3, 0.4) is 0 Å². The number of hydrogen-bond donors (Lipinski definition) is 3. The van der Waals surface area contributed by atoms with E-state index in [1.807, 2.05) is 0 Å². The number of hydrogen-bond acceptors (Lipinski definition) is 9. The summed E-state index contributed by atoms with van der Waals surface area (Å²) in [4.78, 5) is 12.4. The summed E-state index contributed by atoms with van der Waals surface area (Å²) in [7, 11) is -3.53. The van der Waals surface area contributed by atoms with Gasteiger partial charge in [-0.05, 0) is 6.42 Å². The summed E-state index contributed by atoms with van der Waals surface area (Å²) < 4.78 is 32.0. The van der Waals surface area contributed by atoms with E-state index in [4.69, 9.17) is 19.5 Å². The van der Waals surface area contributed by atoms with Crippen LogP contribution in [0.5, 0.6) is 0 Å². The third kappa shape index (κ3) is 8.69. The van der Waals surface area contributed by atoms with Crippen molar-refractivity contribution < 1.29 is 23.5 Å². The number of unbranched alkanes of at least 4 members (excludes halogenated alkanes) is 15. The van der Waals surface area contributed by atoms with Crippen molar-refractivity contribution in [1.82, 2.24) is 24.6 Å². The average molecular weight is 581 g/mol. The molecule has 4 heterocycles. The van der Waals surface area contributed by atoms with Gasteiger partial charge in [0.15, 0.2) is 17.7 Å². The Labute approximate surface area is 238 Å². The van der Waals surface area contributed by atoms with Gasteiger partial charge in [0, 0.05) is 6.54 Å². The zero-order valence-electron chi connectivity index (χ0n) is 24.1. The van der Waals surface area contributed by atoms with E-state index in [2.05, 4.69) is 27.0 Å². The molecule has 0 spiro atoms. The summed E-state index contributed by atoms with van der Waals surface area (Å²) in [5.41, 5.74) is 6.74. The first-order valence-corrected chi connectivity index (χ1v) is 17.0. The van der Waals surface area contributed by atoms with Gasteiger partial charge in [0.2, 0.25) is 0 Å². The number of nitrogen functional groups attached to an aromatic ring is 1. The number of imidazole rings is 1. The summed E-state index contributed by atoms with van der Waals surface area (Å²) in [6.07, 6.45) is 20.5. The lowest BCUT2D eigenvalue weighted by molar-refractivity contribution is -0.0595. The SMILES string of the molecule is CCCCCCCCCCCCCCCCCCNP1(=O)OC[C@H]2O[C@@H](n3cnc4c(N)ncnc43)[C@H](O)[C@@H]2O1.